The average Bonchev–Trinajstić information content (AvgIpc) is 3.17. The highest BCUT2D eigenvalue weighted by atomic mass is 79.9. The molecule has 0 aliphatic carbocycles. The third-order valence-electron chi connectivity index (χ3n) is 4.40. The molecule has 0 aliphatic heterocycles. The zero-order valence-corrected chi connectivity index (χ0v) is 20.7. The molecule has 0 unspecified atom stereocenters. The van der Waals surface area contributed by atoms with Gasteiger partial charge in [-0.25, -0.2) is 4.98 Å². The fraction of sp³-hybridized carbons (Fsp3) is 0.0870. The molecule has 0 radical (unpaired) electrons. The first-order valence-corrected chi connectivity index (χ1v) is 11.8. The quantitative estimate of drug-likeness (QED) is 0.190. The Hall–Kier alpha value is -2.45. The number of ether oxygens (including phenoxy) is 1. The van der Waals surface area contributed by atoms with Gasteiger partial charge in [0, 0.05) is 9.50 Å². The van der Waals surface area contributed by atoms with Gasteiger partial charge in [0.05, 0.1) is 21.5 Å². The van der Waals surface area contributed by atoms with E-state index in [2.05, 4.69) is 26.0 Å². The standard InChI is InChI=1S/C23H16BrCl2N3O2S/c1-14-2-4-15(5-3-14)12-27-29(23-28-19-8-6-16(24)10-21(19)32-23)22(30)13-31-20-9-7-17(25)11-18(20)26/h2-12H,13H2,1H3/b27-12+. The molecule has 0 N–H and O–H groups in total. The fourth-order valence-corrected chi connectivity index (χ4v) is 4.72. The van der Waals surface area contributed by atoms with Crippen molar-refractivity contribution in [1.29, 1.82) is 0 Å². The number of halogens is 3. The van der Waals surface area contributed by atoms with Crippen molar-refractivity contribution in [2.45, 2.75) is 6.92 Å². The van der Waals surface area contributed by atoms with E-state index < -0.39 is 5.91 Å². The number of carbonyl (C=O) groups excluding carboxylic acids is 1. The first-order chi connectivity index (χ1) is 15.4. The lowest BCUT2D eigenvalue weighted by Crippen LogP contribution is -2.30. The van der Waals surface area contributed by atoms with E-state index in [1.54, 1.807) is 24.4 Å². The van der Waals surface area contributed by atoms with Gasteiger partial charge in [-0.1, -0.05) is 80.3 Å². The normalized spacial score (nSPS) is 11.2. The molecule has 0 bridgehead atoms. The number of carbonyl (C=O) groups is 1. The van der Waals surface area contributed by atoms with Gasteiger partial charge in [0.2, 0.25) is 5.13 Å². The van der Waals surface area contributed by atoms with Crippen molar-refractivity contribution < 1.29 is 9.53 Å². The second-order valence-corrected chi connectivity index (χ2v) is 9.60. The molecule has 1 amide bonds. The Morgan fingerprint density at radius 2 is 1.94 bits per heavy atom. The van der Waals surface area contributed by atoms with Gasteiger partial charge in [-0.3, -0.25) is 4.79 Å². The van der Waals surface area contributed by atoms with E-state index in [1.165, 1.54) is 16.3 Å². The average molecular weight is 549 g/mol. The highest BCUT2D eigenvalue weighted by Gasteiger charge is 2.20. The molecular formula is C23H16BrCl2N3O2S. The van der Waals surface area contributed by atoms with Crippen LogP contribution in [-0.4, -0.2) is 23.7 Å². The lowest BCUT2D eigenvalue weighted by molar-refractivity contribution is -0.120. The van der Waals surface area contributed by atoms with Crippen LogP contribution in [0, 0.1) is 6.92 Å². The van der Waals surface area contributed by atoms with Gasteiger partial charge in [0.25, 0.3) is 5.91 Å². The summed E-state index contributed by atoms with van der Waals surface area (Å²) in [6.45, 7) is 1.74. The van der Waals surface area contributed by atoms with Crippen molar-refractivity contribution in [2.24, 2.45) is 5.10 Å². The van der Waals surface area contributed by atoms with Crippen molar-refractivity contribution in [3.05, 3.63) is 86.3 Å². The largest absolute Gasteiger partial charge is 0.482 e. The maximum atomic E-state index is 13.1. The summed E-state index contributed by atoms with van der Waals surface area (Å²) in [4.78, 5) is 17.7. The number of thiazole rings is 1. The van der Waals surface area contributed by atoms with Crippen LogP contribution in [-0.2, 0) is 4.79 Å². The number of hydrogen-bond donors (Lipinski definition) is 0. The van der Waals surface area contributed by atoms with Gasteiger partial charge in [0.15, 0.2) is 6.61 Å². The molecular weight excluding hydrogens is 533 g/mol. The van der Waals surface area contributed by atoms with Crippen molar-refractivity contribution in [2.75, 3.05) is 11.6 Å². The molecule has 4 aromatic rings. The molecule has 1 aromatic heterocycles. The lowest BCUT2D eigenvalue weighted by Gasteiger charge is -2.15. The summed E-state index contributed by atoms with van der Waals surface area (Å²) in [6.07, 6.45) is 1.62. The van der Waals surface area contributed by atoms with Crippen molar-refractivity contribution >= 4 is 77.9 Å². The number of benzene rings is 3. The minimum atomic E-state index is -0.391. The van der Waals surface area contributed by atoms with Gasteiger partial charge in [0.1, 0.15) is 5.75 Å². The van der Waals surface area contributed by atoms with Crippen molar-refractivity contribution in [1.82, 2.24) is 4.98 Å². The molecule has 0 spiro atoms. The number of fused-ring (bicyclic) bond motifs is 1. The van der Waals surface area contributed by atoms with Gasteiger partial charge >= 0.3 is 0 Å². The van der Waals surface area contributed by atoms with Crippen LogP contribution < -0.4 is 9.75 Å². The number of hydrazone groups is 1. The van der Waals surface area contributed by atoms with Crippen LogP contribution in [0.5, 0.6) is 5.75 Å². The van der Waals surface area contributed by atoms with Crippen LogP contribution in [0.15, 0.2) is 70.2 Å². The number of amides is 1. The Balaban J connectivity index is 1.62. The van der Waals surface area contributed by atoms with Crippen molar-refractivity contribution in [3.63, 3.8) is 0 Å². The fourth-order valence-electron chi connectivity index (χ4n) is 2.77. The Labute approximate surface area is 207 Å². The minimum Gasteiger partial charge on any atom is -0.482 e. The topological polar surface area (TPSA) is 54.8 Å². The molecule has 0 aliphatic rings. The van der Waals surface area contributed by atoms with Crippen LogP contribution in [0.4, 0.5) is 5.13 Å². The summed E-state index contributed by atoms with van der Waals surface area (Å²) in [6, 6.07) is 18.4. The van der Waals surface area contributed by atoms with E-state index in [9.17, 15) is 4.79 Å². The van der Waals surface area contributed by atoms with Gasteiger partial charge in [-0.15, -0.1) is 0 Å². The summed E-state index contributed by atoms with van der Waals surface area (Å²) in [5, 5.41) is 6.92. The number of hydrogen-bond acceptors (Lipinski definition) is 5. The first-order valence-electron chi connectivity index (χ1n) is 9.46. The second-order valence-electron chi connectivity index (χ2n) is 6.83. The minimum absolute atomic E-state index is 0.272. The smallest absolute Gasteiger partial charge is 0.287 e. The number of aromatic nitrogens is 1. The molecule has 5 nitrogen and oxygen atoms in total. The molecule has 0 atom stereocenters. The van der Waals surface area contributed by atoms with Gasteiger partial charge < -0.3 is 4.74 Å². The van der Waals surface area contributed by atoms with E-state index in [1.807, 2.05) is 49.4 Å². The van der Waals surface area contributed by atoms with E-state index >= 15 is 0 Å². The third kappa shape index (κ3) is 5.48. The lowest BCUT2D eigenvalue weighted by atomic mass is 10.2. The molecule has 162 valence electrons. The van der Waals surface area contributed by atoms with Crippen LogP contribution >= 0.6 is 50.5 Å². The Morgan fingerprint density at radius 1 is 1.16 bits per heavy atom. The van der Waals surface area contributed by atoms with E-state index in [-0.39, 0.29) is 6.61 Å². The molecule has 0 saturated heterocycles. The van der Waals surface area contributed by atoms with E-state index in [0.29, 0.717) is 20.9 Å². The van der Waals surface area contributed by atoms with E-state index in [0.717, 1.165) is 25.8 Å². The summed E-state index contributed by atoms with van der Waals surface area (Å²) < 4.78 is 7.49. The highest BCUT2D eigenvalue weighted by molar-refractivity contribution is 9.10. The van der Waals surface area contributed by atoms with Crippen molar-refractivity contribution in [3.8, 4) is 5.75 Å². The maximum absolute atomic E-state index is 13.1. The van der Waals surface area contributed by atoms with E-state index in [4.69, 9.17) is 27.9 Å². The number of anilines is 1. The molecule has 0 fully saturated rings. The third-order valence-corrected chi connectivity index (χ3v) is 6.42. The van der Waals surface area contributed by atoms with Crippen LogP contribution in [0.2, 0.25) is 10.0 Å². The van der Waals surface area contributed by atoms with Crippen LogP contribution in [0.25, 0.3) is 10.2 Å². The zero-order valence-electron chi connectivity index (χ0n) is 16.8. The number of aryl methyl sites for hydroxylation is 1. The first kappa shape index (κ1) is 22.7. The molecule has 0 saturated carbocycles. The molecule has 4 rings (SSSR count). The Kier molecular flexibility index (Phi) is 7.10. The summed E-state index contributed by atoms with van der Waals surface area (Å²) in [7, 11) is 0. The molecule has 1 heterocycles. The summed E-state index contributed by atoms with van der Waals surface area (Å²) >= 11 is 16.9. The molecule has 32 heavy (non-hydrogen) atoms. The summed E-state index contributed by atoms with van der Waals surface area (Å²) in [5.74, 6) is -0.0300. The molecule has 9 heteroatoms. The van der Waals surface area contributed by atoms with Gasteiger partial charge in [-0.2, -0.15) is 10.1 Å². The maximum Gasteiger partial charge on any atom is 0.287 e. The van der Waals surface area contributed by atoms with Crippen LogP contribution in [0.1, 0.15) is 11.1 Å². The molecule has 3 aromatic carbocycles. The van der Waals surface area contributed by atoms with Gasteiger partial charge in [-0.05, 0) is 48.9 Å². The number of nitrogens with zero attached hydrogens (tertiary/aromatic N) is 3. The second kappa shape index (κ2) is 10.0. The van der Waals surface area contributed by atoms with Crippen LogP contribution in [0.3, 0.4) is 0 Å². The predicted octanol–water partition coefficient (Wildman–Crippen LogP) is 7.12. The highest BCUT2D eigenvalue weighted by Crippen LogP contribution is 2.32. The monoisotopic (exact) mass is 547 g/mol. The Morgan fingerprint density at radius 3 is 2.69 bits per heavy atom. The number of rotatable bonds is 6. The predicted molar refractivity (Wildman–Crippen MR) is 136 cm³/mol. The Bertz CT molecular complexity index is 1310. The summed E-state index contributed by atoms with van der Waals surface area (Å²) in [5.41, 5.74) is 2.78. The SMILES string of the molecule is Cc1ccc(/C=N/N(C(=O)COc2ccc(Cl)cc2Cl)c2nc3ccc(Br)cc3s2)cc1. The zero-order chi connectivity index (χ0) is 22.7.